The highest BCUT2D eigenvalue weighted by Crippen LogP contribution is 2.33. The molecule has 0 spiro atoms. The topological polar surface area (TPSA) is 101 Å². The molecule has 2 heterocycles. The van der Waals surface area contributed by atoms with Gasteiger partial charge < -0.3 is 15.0 Å². The summed E-state index contributed by atoms with van der Waals surface area (Å²) in [6.45, 7) is 1.57. The molecule has 4 aromatic rings. The monoisotopic (exact) mass is 508 g/mol. The average molecular weight is 509 g/mol. The van der Waals surface area contributed by atoms with Crippen LogP contribution < -0.4 is 19.7 Å². The lowest BCUT2D eigenvalue weighted by Gasteiger charge is -2.22. The number of anilines is 3. The number of rotatable bonds is 7. The van der Waals surface area contributed by atoms with Crippen LogP contribution >= 0.6 is 11.3 Å². The van der Waals surface area contributed by atoms with E-state index in [4.69, 9.17) is 4.74 Å². The summed E-state index contributed by atoms with van der Waals surface area (Å²) in [5, 5.41) is 2.84. The summed E-state index contributed by atoms with van der Waals surface area (Å²) in [6, 6.07) is 17.0. The maximum atomic E-state index is 13.5. The van der Waals surface area contributed by atoms with Crippen LogP contribution in [-0.4, -0.2) is 39.5 Å². The molecule has 1 aromatic heterocycles. The van der Waals surface area contributed by atoms with Crippen molar-refractivity contribution in [2.75, 3.05) is 35.1 Å². The minimum atomic E-state index is -3.94. The molecule has 1 amide bonds. The number of nitrogens with one attached hydrogen (secondary N) is 2. The van der Waals surface area contributed by atoms with Gasteiger partial charge in [-0.05, 0) is 73.5 Å². The summed E-state index contributed by atoms with van der Waals surface area (Å²) in [4.78, 5) is 19.3. The Morgan fingerprint density at radius 2 is 1.74 bits per heavy atom. The van der Waals surface area contributed by atoms with Crippen LogP contribution in [0.4, 0.5) is 17.1 Å². The molecular formula is C25H24N4O4S2. The second-order valence-corrected chi connectivity index (χ2v) is 10.7. The van der Waals surface area contributed by atoms with Crippen LogP contribution in [0.1, 0.15) is 23.2 Å². The smallest absolute Gasteiger partial charge is 0.264 e. The van der Waals surface area contributed by atoms with Crippen molar-refractivity contribution >= 4 is 54.5 Å². The van der Waals surface area contributed by atoms with Gasteiger partial charge in [-0.25, -0.2) is 13.4 Å². The maximum Gasteiger partial charge on any atom is 0.264 e. The molecule has 0 unspecified atom stereocenters. The van der Waals surface area contributed by atoms with Crippen molar-refractivity contribution in [3.8, 4) is 5.75 Å². The van der Waals surface area contributed by atoms with E-state index in [0.717, 1.165) is 36.1 Å². The van der Waals surface area contributed by atoms with Crippen LogP contribution in [-0.2, 0) is 10.0 Å². The van der Waals surface area contributed by atoms with Crippen LogP contribution in [0.3, 0.4) is 0 Å². The number of amides is 1. The van der Waals surface area contributed by atoms with Gasteiger partial charge in [0.15, 0.2) is 0 Å². The van der Waals surface area contributed by atoms with Crippen molar-refractivity contribution in [1.29, 1.82) is 0 Å². The molecule has 0 aliphatic carbocycles. The van der Waals surface area contributed by atoms with Gasteiger partial charge in [0.2, 0.25) is 0 Å². The van der Waals surface area contributed by atoms with Gasteiger partial charge in [0.05, 0.1) is 28.5 Å². The number of thiazole rings is 1. The van der Waals surface area contributed by atoms with Crippen molar-refractivity contribution in [1.82, 2.24) is 4.98 Å². The highest BCUT2D eigenvalue weighted by Gasteiger charge is 2.25. The Labute approximate surface area is 207 Å². The third-order valence-corrected chi connectivity index (χ3v) is 8.09. The third-order valence-electron chi connectivity index (χ3n) is 5.89. The van der Waals surface area contributed by atoms with Gasteiger partial charge in [-0.3, -0.25) is 9.52 Å². The molecule has 0 saturated carbocycles. The lowest BCUT2D eigenvalue weighted by Crippen LogP contribution is -2.23. The first-order valence-electron chi connectivity index (χ1n) is 11.1. The largest absolute Gasteiger partial charge is 0.497 e. The molecule has 0 atom stereocenters. The lowest BCUT2D eigenvalue weighted by atomic mass is 10.2. The van der Waals surface area contributed by atoms with E-state index in [1.54, 1.807) is 67.2 Å². The van der Waals surface area contributed by atoms with Crippen LogP contribution in [0, 0.1) is 0 Å². The van der Waals surface area contributed by atoms with Crippen LogP contribution in [0.15, 0.2) is 71.1 Å². The van der Waals surface area contributed by atoms with Crippen molar-refractivity contribution in [3.63, 3.8) is 0 Å². The number of aromatic nitrogens is 1. The Morgan fingerprint density at radius 1 is 1.00 bits per heavy atom. The lowest BCUT2D eigenvalue weighted by molar-refractivity contribution is 0.102. The minimum absolute atomic E-state index is 0.117. The maximum absolute atomic E-state index is 13.5. The zero-order valence-electron chi connectivity index (χ0n) is 19.0. The zero-order valence-corrected chi connectivity index (χ0v) is 20.7. The zero-order chi connectivity index (χ0) is 24.4. The van der Waals surface area contributed by atoms with Gasteiger partial charge in [-0.2, -0.15) is 0 Å². The summed E-state index contributed by atoms with van der Waals surface area (Å²) in [5.74, 6) is 0.313. The Bertz CT molecular complexity index is 1480. The standard InChI is InChI=1S/C25H24N4O4S2/c1-33-20-8-5-18(6-9-20)28-35(31,32)24-15-19(7-11-22(24)29-12-2-3-13-29)27-25(30)17-4-10-21-23(14-17)34-16-26-21/h4-11,14-16,28H,2-3,12-13H2,1H3,(H,27,30). The van der Waals surface area contributed by atoms with Gasteiger partial charge in [-0.15, -0.1) is 11.3 Å². The summed E-state index contributed by atoms with van der Waals surface area (Å²) in [7, 11) is -2.38. The van der Waals surface area contributed by atoms with Crippen LogP contribution in [0.2, 0.25) is 0 Å². The van der Waals surface area contributed by atoms with Gasteiger partial charge >= 0.3 is 0 Å². The van der Waals surface area contributed by atoms with Crippen molar-refractivity contribution in [3.05, 3.63) is 71.7 Å². The first-order chi connectivity index (χ1) is 16.9. The molecule has 1 aliphatic rings. The number of benzene rings is 3. The van der Waals surface area contributed by atoms with Crippen molar-refractivity contribution in [2.45, 2.75) is 17.7 Å². The number of carbonyl (C=O) groups is 1. The molecule has 35 heavy (non-hydrogen) atoms. The minimum Gasteiger partial charge on any atom is -0.497 e. The molecule has 0 radical (unpaired) electrons. The third kappa shape index (κ3) is 4.94. The summed E-state index contributed by atoms with van der Waals surface area (Å²) >= 11 is 1.46. The van der Waals surface area contributed by atoms with Crippen molar-refractivity contribution < 1.29 is 17.9 Å². The van der Waals surface area contributed by atoms with E-state index in [-0.39, 0.29) is 10.8 Å². The molecular weight excluding hydrogens is 484 g/mol. The SMILES string of the molecule is COc1ccc(NS(=O)(=O)c2cc(NC(=O)c3ccc4ncsc4c3)ccc2N2CCCC2)cc1. The van der Waals surface area contributed by atoms with E-state index in [1.807, 2.05) is 0 Å². The second-order valence-electron chi connectivity index (χ2n) is 8.20. The molecule has 2 N–H and O–H groups in total. The number of fused-ring (bicyclic) bond motifs is 1. The number of hydrogen-bond acceptors (Lipinski definition) is 7. The average Bonchev–Trinajstić information content (AvgIpc) is 3.56. The van der Waals surface area contributed by atoms with E-state index < -0.39 is 10.0 Å². The van der Waals surface area contributed by atoms with E-state index in [0.29, 0.717) is 28.4 Å². The number of nitrogens with zero attached hydrogens (tertiary/aromatic N) is 2. The van der Waals surface area contributed by atoms with Gasteiger partial charge in [0.25, 0.3) is 15.9 Å². The molecule has 180 valence electrons. The molecule has 1 saturated heterocycles. The van der Waals surface area contributed by atoms with E-state index in [2.05, 4.69) is 19.9 Å². The molecule has 3 aromatic carbocycles. The van der Waals surface area contributed by atoms with E-state index in [1.165, 1.54) is 17.4 Å². The molecule has 1 aliphatic heterocycles. The Balaban J connectivity index is 1.46. The Morgan fingerprint density at radius 3 is 2.49 bits per heavy atom. The Kier molecular flexibility index (Phi) is 6.31. The molecule has 5 rings (SSSR count). The van der Waals surface area contributed by atoms with E-state index in [9.17, 15) is 13.2 Å². The quantitative estimate of drug-likeness (QED) is 0.366. The number of carbonyl (C=O) groups excluding carboxylic acids is 1. The molecule has 10 heteroatoms. The number of hydrogen-bond donors (Lipinski definition) is 2. The van der Waals surface area contributed by atoms with Gasteiger partial charge in [0.1, 0.15) is 10.6 Å². The predicted octanol–water partition coefficient (Wildman–Crippen LogP) is 4.96. The predicted molar refractivity (Wildman–Crippen MR) is 139 cm³/mol. The highest BCUT2D eigenvalue weighted by atomic mass is 32.2. The first-order valence-corrected chi connectivity index (χ1v) is 13.5. The van der Waals surface area contributed by atoms with Crippen LogP contribution in [0.5, 0.6) is 5.75 Å². The van der Waals surface area contributed by atoms with Crippen molar-refractivity contribution in [2.24, 2.45) is 0 Å². The Hall–Kier alpha value is -3.63. The fourth-order valence-corrected chi connectivity index (χ4v) is 6.12. The second kappa shape index (κ2) is 9.55. The fourth-order valence-electron chi connectivity index (χ4n) is 4.10. The van der Waals surface area contributed by atoms with Gasteiger partial charge in [0, 0.05) is 30.0 Å². The summed E-state index contributed by atoms with van der Waals surface area (Å²) < 4.78 is 35.7. The van der Waals surface area contributed by atoms with Gasteiger partial charge in [-0.1, -0.05) is 0 Å². The normalized spacial score (nSPS) is 13.7. The summed E-state index contributed by atoms with van der Waals surface area (Å²) in [5.41, 5.74) is 4.48. The highest BCUT2D eigenvalue weighted by molar-refractivity contribution is 7.92. The molecule has 8 nitrogen and oxygen atoms in total. The van der Waals surface area contributed by atoms with Crippen LogP contribution in [0.25, 0.3) is 10.2 Å². The summed E-state index contributed by atoms with van der Waals surface area (Å²) in [6.07, 6.45) is 2.01. The number of ether oxygens (including phenoxy) is 1. The van der Waals surface area contributed by atoms with E-state index >= 15 is 0 Å². The number of sulfonamides is 1. The molecule has 0 bridgehead atoms. The molecule has 1 fully saturated rings. The number of methoxy groups -OCH3 is 1. The first kappa shape index (κ1) is 23.1. The fraction of sp³-hybridized carbons (Fsp3) is 0.200.